The van der Waals surface area contributed by atoms with Crippen molar-refractivity contribution < 1.29 is 9.53 Å². The molecule has 0 spiro atoms. The number of carbonyl (C=O) groups excluding carboxylic acids is 1. The highest BCUT2D eigenvalue weighted by molar-refractivity contribution is 6.02. The summed E-state index contributed by atoms with van der Waals surface area (Å²) >= 11 is 0. The summed E-state index contributed by atoms with van der Waals surface area (Å²) in [5.41, 5.74) is 2.87. The highest BCUT2D eigenvalue weighted by atomic mass is 16.5. The number of ether oxygens (including phenoxy) is 1. The molecular formula is C18H20N2O2. The average molecular weight is 296 g/mol. The molecule has 0 saturated heterocycles. The van der Waals surface area contributed by atoms with E-state index in [0.717, 1.165) is 48.5 Å². The van der Waals surface area contributed by atoms with Crippen molar-refractivity contribution in [1.29, 1.82) is 0 Å². The van der Waals surface area contributed by atoms with Gasteiger partial charge in [-0.3, -0.25) is 4.90 Å². The number of fused-ring (bicyclic) bond motifs is 1. The van der Waals surface area contributed by atoms with Crippen molar-refractivity contribution in [2.75, 3.05) is 23.9 Å². The lowest BCUT2D eigenvalue weighted by molar-refractivity contribution is 0.257. The quantitative estimate of drug-likeness (QED) is 0.907. The van der Waals surface area contributed by atoms with E-state index in [0.29, 0.717) is 0 Å². The van der Waals surface area contributed by atoms with E-state index in [1.165, 1.54) is 0 Å². The van der Waals surface area contributed by atoms with Gasteiger partial charge < -0.3 is 10.1 Å². The molecular weight excluding hydrogens is 276 g/mol. The maximum Gasteiger partial charge on any atom is 0.326 e. The molecule has 0 atom stereocenters. The number of benzene rings is 2. The highest BCUT2D eigenvalue weighted by Gasteiger charge is 2.23. The average Bonchev–Trinajstić information content (AvgIpc) is 2.78. The minimum absolute atomic E-state index is 0.0948. The molecule has 2 aromatic carbocycles. The van der Waals surface area contributed by atoms with Crippen LogP contribution in [0.25, 0.3) is 0 Å². The topological polar surface area (TPSA) is 41.6 Å². The van der Waals surface area contributed by atoms with Crippen LogP contribution in [0.3, 0.4) is 0 Å². The minimum Gasteiger partial charge on any atom is -0.496 e. The van der Waals surface area contributed by atoms with Crippen LogP contribution >= 0.6 is 0 Å². The van der Waals surface area contributed by atoms with Crippen molar-refractivity contribution in [1.82, 2.24) is 0 Å². The third-order valence-corrected chi connectivity index (χ3v) is 3.95. The molecule has 1 aliphatic rings. The Morgan fingerprint density at radius 3 is 2.68 bits per heavy atom. The number of hydrogen-bond acceptors (Lipinski definition) is 2. The molecule has 0 radical (unpaired) electrons. The fourth-order valence-electron chi connectivity index (χ4n) is 2.86. The number of para-hydroxylation sites is 1. The van der Waals surface area contributed by atoms with Crippen LogP contribution in [0.1, 0.15) is 18.4 Å². The first kappa shape index (κ1) is 14.4. The fourth-order valence-corrected chi connectivity index (χ4v) is 2.86. The lowest BCUT2D eigenvalue weighted by Gasteiger charge is -2.24. The van der Waals surface area contributed by atoms with Gasteiger partial charge in [-0.05, 0) is 43.5 Å². The second kappa shape index (κ2) is 6.52. The van der Waals surface area contributed by atoms with E-state index in [9.17, 15) is 4.79 Å². The van der Waals surface area contributed by atoms with Crippen molar-refractivity contribution in [3.05, 3.63) is 54.1 Å². The summed E-state index contributed by atoms with van der Waals surface area (Å²) in [6.07, 6.45) is 2.98. The van der Waals surface area contributed by atoms with Crippen LogP contribution in [0.15, 0.2) is 48.5 Å². The van der Waals surface area contributed by atoms with Gasteiger partial charge in [0.15, 0.2) is 0 Å². The lowest BCUT2D eigenvalue weighted by atomic mass is 10.1. The number of amides is 2. The van der Waals surface area contributed by atoms with Crippen LogP contribution < -0.4 is 15.0 Å². The molecule has 4 nitrogen and oxygen atoms in total. The van der Waals surface area contributed by atoms with Crippen LogP contribution in [-0.2, 0) is 6.42 Å². The van der Waals surface area contributed by atoms with Gasteiger partial charge in [0.1, 0.15) is 5.75 Å². The molecule has 0 bridgehead atoms. The summed E-state index contributed by atoms with van der Waals surface area (Å²) in [4.78, 5) is 14.5. The van der Waals surface area contributed by atoms with Gasteiger partial charge in [-0.15, -0.1) is 0 Å². The summed E-state index contributed by atoms with van der Waals surface area (Å²) < 4.78 is 5.46. The highest BCUT2D eigenvalue weighted by Crippen LogP contribution is 2.33. The fraction of sp³-hybridized carbons (Fsp3) is 0.278. The van der Waals surface area contributed by atoms with Gasteiger partial charge in [0.25, 0.3) is 0 Å². The zero-order valence-electron chi connectivity index (χ0n) is 12.7. The van der Waals surface area contributed by atoms with E-state index in [1.54, 1.807) is 7.11 Å². The Morgan fingerprint density at radius 2 is 1.91 bits per heavy atom. The number of carbonyl (C=O) groups is 1. The van der Waals surface area contributed by atoms with Crippen LogP contribution in [0.2, 0.25) is 0 Å². The lowest BCUT2D eigenvalue weighted by Crippen LogP contribution is -2.35. The van der Waals surface area contributed by atoms with Crippen molar-refractivity contribution in [3.63, 3.8) is 0 Å². The zero-order chi connectivity index (χ0) is 15.4. The largest absolute Gasteiger partial charge is 0.496 e. The Kier molecular flexibility index (Phi) is 4.28. The van der Waals surface area contributed by atoms with Crippen molar-refractivity contribution >= 4 is 17.4 Å². The molecule has 0 fully saturated rings. The van der Waals surface area contributed by atoms with Gasteiger partial charge in [0.2, 0.25) is 0 Å². The first-order valence-corrected chi connectivity index (χ1v) is 7.59. The maximum atomic E-state index is 12.7. The van der Waals surface area contributed by atoms with Gasteiger partial charge >= 0.3 is 6.03 Å². The van der Waals surface area contributed by atoms with Gasteiger partial charge in [-0.1, -0.05) is 24.3 Å². The molecule has 4 heteroatoms. The molecule has 2 amide bonds. The number of nitrogens with one attached hydrogen (secondary N) is 1. The normalized spacial score (nSPS) is 14.0. The van der Waals surface area contributed by atoms with Crippen LogP contribution in [0, 0.1) is 0 Å². The maximum absolute atomic E-state index is 12.7. The number of hydrogen-bond donors (Lipinski definition) is 1. The van der Waals surface area contributed by atoms with E-state index in [2.05, 4.69) is 5.32 Å². The van der Waals surface area contributed by atoms with Crippen LogP contribution in [0.5, 0.6) is 5.75 Å². The Hall–Kier alpha value is -2.49. The van der Waals surface area contributed by atoms with Crippen molar-refractivity contribution in [3.8, 4) is 5.75 Å². The van der Waals surface area contributed by atoms with Crippen LogP contribution in [0.4, 0.5) is 16.2 Å². The second-order valence-corrected chi connectivity index (χ2v) is 5.36. The van der Waals surface area contributed by atoms with Gasteiger partial charge in [0, 0.05) is 17.8 Å². The number of urea groups is 1. The number of anilines is 2. The Bertz CT molecular complexity index is 655. The number of rotatable bonds is 2. The first-order chi connectivity index (χ1) is 10.8. The smallest absolute Gasteiger partial charge is 0.326 e. The molecule has 0 aromatic heterocycles. The molecule has 3 rings (SSSR count). The van der Waals surface area contributed by atoms with Crippen molar-refractivity contribution in [2.45, 2.75) is 19.3 Å². The van der Waals surface area contributed by atoms with E-state index in [1.807, 2.05) is 53.4 Å². The standard InChI is InChI=1S/C18H20N2O2/c1-22-17-12-7-11-16-15(17)10-5-6-13-20(16)18(21)19-14-8-3-2-4-9-14/h2-4,7-9,11-12H,5-6,10,13H2,1H3,(H,19,21). The summed E-state index contributed by atoms with van der Waals surface area (Å²) in [5, 5.41) is 2.96. The number of nitrogens with zero attached hydrogens (tertiary/aromatic N) is 1. The minimum atomic E-state index is -0.0948. The Balaban J connectivity index is 1.90. The molecule has 1 heterocycles. The third-order valence-electron chi connectivity index (χ3n) is 3.95. The van der Waals surface area contributed by atoms with Crippen LogP contribution in [-0.4, -0.2) is 19.7 Å². The molecule has 22 heavy (non-hydrogen) atoms. The predicted molar refractivity (Wildman–Crippen MR) is 88.7 cm³/mol. The molecule has 1 aliphatic heterocycles. The first-order valence-electron chi connectivity index (χ1n) is 7.59. The summed E-state index contributed by atoms with van der Waals surface area (Å²) in [6, 6.07) is 15.3. The number of methoxy groups -OCH3 is 1. The summed E-state index contributed by atoms with van der Waals surface area (Å²) in [7, 11) is 1.68. The molecule has 0 saturated carbocycles. The molecule has 114 valence electrons. The summed E-state index contributed by atoms with van der Waals surface area (Å²) in [6.45, 7) is 0.721. The molecule has 0 unspecified atom stereocenters. The second-order valence-electron chi connectivity index (χ2n) is 5.36. The predicted octanol–water partition coefficient (Wildman–Crippen LogP) is 4.07. The Labute approximate surface area is 130 Å². The van der Waals surface area contributed by atoms with E-state index < -0.39 is 0 Å². The van der Waals surface area contributed by atoms with E-state index >= 15 is 0 Å². The van der Waals surface area contributed by atoms with Gasteiger partial charge in [0.05, 0.1) is 12.8 Å². The molecule has 1 N–H and O–H groups in total. The van der Waals surface area contributed by atoms with E-state index in [4.69, 9.17) is 4.74 Å². The molecule has 2 aromatic rings. The monoisotopic (exact) mass is 296 g/mol. The van der Waals surface area contributed by atoms with Gasteiger partial charge in [-0.25, -0.2) is 4.79 Å². The Morgan fingerprint density at radius 1 is 1.09 bits per heavy atom. The third kappa shape index (κ3) is 2.91. The summed E-state index contributed by atoms with van der Waals surface area (Å²) in [5.74, 6) is 0.858. The zero-order valence-corrected chi connectivity index (χ0v) is 12.7. The van der Waals surface area contributed by atoms with E-state index in [-0.39, 0.29) is 6.03 Å². The van der Waals surface area contributed by atoms with Crippen molar-refractivity contribution in [2.24, 2.45) is 0 Å². The molecule has 0 aliphatic carbocycles. The van der Waals surface area contributed by atoms with Gasteiger partial charge in [-0.2, -0.15) is 0 Å². The SMILES string of the molecule is COc1cccc2c1CCCCN2C(=O)Nc1ccccc1.